The Morgan fingerprint density at radius 2 is 2.20 bits per heavy atom. The lowest BCUT2D eigenvalue weighted by Crippen LogP contribution is -2.12. The molecule has 0 amide bonds. The summed E-state index contributed by atoms with van der Waals surface area (Å²) >= 11 is 5.71. The Hall–Kier alpha value is -0.800. The molecule has 0 spiro atoms. The molecule has 1 aliphatic carbocycles. The van der Waals surface area contributed by atoms with Crippen LogP contribution in [0.15, 0.2) is 12.1 Å². The first kappa shape index (κ1) is 10.7. The van der Waals surface area contributed by atoms with Crippen LogP contribution >= 0.6 is 11.6 Å². The van der Waals surface area contributed by atoms with Crippen LogP contribution in [0.3, 0.4) is 0 Å². The average molecular weight is 231 g/mol. The Kier molecular flexibility index (Phi) is 2.61. The molecule has 1 saturated carbocycles. The zero-order valence-corrected chi connectivity index (χ0v) is 9.14. The van der Waals surface area contributed by atoms with E-state index in [4.69, 9.17) is 16.3 Å². The van der Waals surface area contributed by atoms with E-state index in [0.717, 1.165) is 12.8 Å². The molecule has 0 unspecified atom stereocenters. The van der Waals surface area contributed by atoms with Crippen LogP contribution < -0.4 is 4.74 Å². The van der Waals surface area contributed by atoms with Crippen LogP contribution in [0.2, 0.25) is 5.02 Å². The molecular weight excluding hydrogens is 219 g/mol. The summed E-state index contributed by atoms with van der Waals surface area (Å²) < 4.78 is 18.6. The van der Waals surface area contributed by atoms with Gasteiger partial charge in [0, 0.05) is 12.5 Å². The Morgan fingerprint density at radius 1 is 1.53 bits per heavy atom. The highest BCUT2D eigenvalue weighted by molar-refractivity contribution is 6.30. The third-order valence-electron chi connectivity index (χ3n) is 2.66. The van der Waals surface area contributed by atoms with Gasteiger partial charge < -0.3 is 9.84 Å². The Bertz CT molecular complexity index is 388. The molecular formula is C11H12ClFO2. The van der Waals surface area contributed by atoms with E-state index in [-0.39, 0.29) is 5.02 Å². The van der Waals surface area contributed by atoms with Gasteiger partial charge in [-0.1, -0.05) is 11.6 Å². The molecule has 0 bridgehead atoms. The first-order chi connectivity index (χ1) is 7.04. The molecule has 2 rings (SSSR count). The van der Waals surface area contributed by atoms with E-state index in [1.54, 1.807) is 6.07 Å². The van der Waals surface area contributed by atoms with Crippen LogP contribution in [0.1, 0.15) is 18.4 Å². The van der Waals surface area contributed by atoms with Gasteiger partial charge in [0.05, 0.1) is 17.7 Å². The molecule has 0 heterocycles. The van der Waals surface area contributed by atoms with Crippen molar-refractivity contribution in [3.63, 3.8) is 0 Å². The first-order valence-electron chi connectivity index (χ1n) is 4.78. The summed E-state index contributed by atoms with van der Waals surface area (Å²) in [6, 6.07) is 3.01. The molecule has 1 N–H and O–H groups in total. The minimum atomic E-state index is -0.726. The van der Waals surface area contributed by atoms with Crippen LogP contribution in [-0.2, 0) is 6.42 Å². The smallest absolute Gasteiger partial charge is 0.145 e. The van der Waals surface area contributed by atoms with Gasteiger partial charge in [0.2, 0.25) is 0 Å². The summed E-state index contributed by atoms with van der Waals surface area (Å²) in [6.07, 6.45) is 1.75. The second kappa shape index (κ2) is 3.65. The third-order valence-corrected chi connectivity index (χ3v) is 2.93. The number of benzene rings is 1. The first-order valence-corrected chi connectivity index (χ1v) is 5.16. The van der Waals surface area contributed by atoms with E-state index in [0.29, 0.717) is 17.7 Å². The summed E-state index contributed by atoms with van der Waals surface area (Å²) in [5.41, 5.74) is -0.310. The highest BCUT2D eigenvalue weighted by Crippen LogP contribution is 2.40. The van der Waals surface area contributed by atoms with Crippen LogP contribution in [-0.4, -0.2) is 17.8 Å². The van der Waals surface area contributed by atoms with Crippen molar-refractivity contribution in [1.29, 1.82) is 0 Å². The fourth-order valence-corrected chi connectivity index (χ4v) is 1.77. The second-order valence-corrected chi connectivity index (χ2v) is 4.39. The van der Waals surface area contributed by atoms with Gasteiger partial charge in [-0.2, -0.15) is 0 Å². The highest BCUT2D eigenvalue weighted by Gasteiger charge is 2.41. The van der Waals surface area contributed by atoms with Crippen molar-refractivity contribution in [2.45, 2.75) is 24.9 Å². The fourth-order valence-electron chi connectivity index (χ4n) is 1.54. The largest absolute Gasteiger partial charge is 0.497 e. The summed E-state index contributed by atoms with van der Waals surface area (Å²) in [7, 11) is 1.50. The van der Waals surface area contributed by atoms with Crippen molar-refractivity contribution in [1.82, 2.24) is 0 Å². The molecule has 0 radical (unpaired) electrons. The third kappa shape index (κ3) is 2.24. The highest BCUT2D eigenvalue weighted by atomic mass is 35.5. The van der Waals surface area contributed by atoms with Crippen LogP contribution in [0.5, 0.6) is 5.75 Å². The van der Waals surface area contributed by atoms with Crippen LogP contribution in [0.25, 0.3) is 0 Å². The number of ether oxygens (including phenoxy) is 1. The SMILES string of the molecule is COc1cc(Cl)c(F)c(CC2(O)CC2)c1. The topological polar surface area (TPSA) is 29.5 Å². The molecule has 15 heavy (non-hydrogen) atoms. The second-order valence-electron chi connectivity index (χ2n) is 3.98. The minimum absolute atomic E-state index is 0.0357. The van der Waals surface area contributed by atoms with Crippen molar-refractivity contribution in [2.75, 3.05) is 7.11 Å². The van der Waals surface area contributed by atoms with Crippen molar-refractivity contribution in [2.24, 2.45) is 0 Å². The molecule has 1 aliphatic rings. The average Bonchev–Trinajstić information content (AvgIpc) is 2.91. The summed E-state index contributed by atoms with van der Waals surface area (Å²) in [5.74, 6) is 0.0541. The normalized spacial score (nSPS) is 17.6. The molecule has 2 nitrogen and oxygen atoms in total. The molecule has 0 saturated heterocycles. The molecule has 0 atom stereocenters. The van der Waals surface area contributed by atoms with Gasteiger partial charge >= 0.3 is 0 Å². The molecule has 4 heteroatoms. The zero-order chi connectivity index (χ0) is 11.1. The summed E-state index contributed by atoms with van der Waals surface area (Å²) in [5, 5.41) is 9.75. The van der Waals surface area contributed by atoms with Gasteiger partial charge in [0.25, 0.3) is 0 Å². The lowest BCUT2D eigenvalue weighted by molar-refractivity contribution is 0.149. The van der Waals surface area contributed by atoms with E-state index in [9.17, 15) is 9.50 Å². The predicted molar refractivity (Wildman–Crippen MR) is 55.8 cm³/mol. The Labute approximate surface area is 92.6 Å². The van der Waals surface area contributed by atoms with Crippen molar-refractivity contribution in [3.8, 4) is 5.75 Å². The number of methoxy groups -OCH3 is 1. The molecule has 0 aromatic heterocycles. The van der Waals surface area contributed by atoms with Crippen LogP contribution in [0, 0.1) is 5.82 Å². The zero-order valence-electron chi connectivity index (χ0n) is 8.39. The van der Waals surface area contributed by atoms with Crippen LogP contribution in [0.4, 0.5) is 4.39 Å². The number of rotatable bonds is 3. The predicted octanol–water partition coefficient (Wildman–Crippen LogP) is 2.56. The van der Waals surface area contributed by atoms with Gasteiger partial charge in [-0.3, -0.25) is 0 Å². The molecule has 1 fully saturated rings. The van der Waals surface area contributed by atoms with E-state index < -0.39 is 11.4 Å². The molecule has 0 aliphatic heterocycles. The molecule has 1 aromatic rings. The standard InChI is InChI=1S/C11H12ClFO2/c1-15-8-4-7(6-11(14)2-3-11)10(13)9(12)5-8/h4-5,14H,2-3,6H2,1H3. The maximum Gasteiger partial charge on any atom is 0.145 e. The summed E-state index contributed by atoms with van der Waals surface area (Å²) in [4.78, 5) is 0. The summed E-state index contributed by atoms with van der Waals surface area (Å²) in [6.45, 7) is 0. The van der Waals surface area contributed by atoms with Gasteiger partial charge in [-0.15, -0.1) is 0 Å². The van der Waals surface area contributed by atoms with E-state index in [1.807, 2.05) is 0 Å². The van der Waals surface area contributed by atoms with Gasteiger partial charge in [0.1, 0.15) is 11.6 Å². The number of halogens is 2. The maximum absolute atomic E-state index is 13.6. The maximum atomic E-state index is 13.6. The number of hydrogen-bond acceptors (Lipinski definition) is 2. The van der Waals surface area contributed by atoms with E-state index in [2.05, 4.69) is 0 Å². The van der Waals surface area contributed by atoms with Gasteiger partial charge in [-0.05, 0) is 24.5 Å². The number of aliphatic hydroxyl groups is 1. The lowest BCUT2D eigenvalue weighted by atomic mass is 10.1. The lowest BCUT2D eigenvalue weighted by Gasteiger charge is -2.11. The quantitative estimate of drug-likeness (QED) is 0.865. The Morgan fingerprint density at radius 3 is 2.73 bits per heavy atom. The van der Waals surface area contributed by atoms with Crippen molar-refractivity contribution < 1.29 is 14.2 Å². The van der Waals surface area contributed by atoms with E-state index in [1.165, 1.54) is 13.2 Å². The fraction of sp³-hybridized carbons (Fsp3) is 0.455. The minimum Gasteiger partial charge on any atom is -0.497 e. The molecule has 82 valence electrons. The van der Waals surface area contributed by atoms with Crippen molar-refractivity contribution in [3.05, 3.63) is 28.5 Å². The van der Waals surface area contributed by atoms with Gasteiger partial charge in [-0.25, -0.2) is 4.39 Å². The monoisotopic (exact) mass is 230 g/mol. The Balaban J connectivity index is 2.31. The van der Waals surface area contributed by atoms with Crippen molar-refractivity contribution >= 4 is 11.6 Å². The molecule has 1 aromatic carbocycles. The van der Waals surface area contributed by atoms with Gasteiger partial charge in [0.15, 0.2) is 0 Å². The number of hydrogen-bond donors (Lipinski definition) is 1. The van der Waals surface area contributed by atoms with E-state index >= 15 is 0 Å².